The third-order valence-corrected chi connectivity index (χ3v) is 6.74. The predicted octanol–water partition coefficient (Wildman–Crippen LogP) is 2.39. The van der Waals surface area contributed by atoms with E-state index in [1.165, 1.54) is 20.2 Å². The molecule has 5 N–H and O–H groups in total. The first-order valence-corrected chi connectivity index (χ1v) is 12.2. The molecule has 13 heteroatoms. The minimum Gasteiger partial charge on any atom is -0.465 e. The Kier molecular flexibility index (Phi) is 8.56. The largest absolute Gasteiger partial charge is 0.465 e. The van der Waals surface area contributed by atoms with Crippen molar-refractivity contribution in [3.05, 3.63) is 58.2 Å². The van der Waals surface area contributed by atoms with E-state index in [1.54, 1.807) is 36.4 Å². The van der Waals surface area contributed by atoms with E-state index in [4.69, 9.17) is 37.4 Å². The molecule has 2 heterocycles. The Balaban J connectivity index is 1.68. The van der Waals surface area contributed by atoms with Crippen LogP contribution in [0.1, 0.15) is 17.3 Å². The van der Waals surface area contributed by atoms with E-state index in [9.17, 15) is 24.9 Å². The molecule has 0 spiro atoms. The summed E-state index contributed by atoms with van der Waals surface area (Å²) in [5, 5.41) is 37.0. The van der Waals surface area contributed by atoms with Crippen molar-refractivity contribution in [3.8, 4) is 5.75 Å². The van der Waals surface area contributed by atoms with Crippen molar-refractivity contribution >= 4 is 57.4 Å². The van der Waals surface area contributed by atoms with Crippen LogP contribution in [0.25, 0.3) is 10.9 Å². The normalized spacial score (nSPS) is 23.1. The minimum absolute atomic E-state index is 0.147. The number of fused-ring (bicyclic) bond motifs is 1. The fraction of sp³-hybridized carbons (Fsp3) is 0.320. The molecule has 5 atom stereocenters. The highest BCUT2D eigenvalue weighted by Crippen LogP contribution is 2.37. The first kappa shape index (κ1) is 27.8. The number of carbonyl (C=O) groups is 2. The highest BCUT2D eigenvalue weighted by Gasteiger charge is 2.46. The molecule has 202 valence electrons. The number of carbonyl (C=O) groups excluding carboxylic acids is 2. The van der Waals surface area contributed by atoms with Crippen LogP contribution in [0, 0.1) is 0 Å². The topological polar surface area (TPSA) is 159 Å². The lowest BCUT2D eigenvalue weighted by molar-refractivity contribution is -0.244. The van der Waals surface area contributed by atoms with Gasteiger partial charge in [-0.15, -0.1) is 0 Å². The maximum atomic E-state index is 12.5. The third-order valence-electron chi connectivity index (χ3n) is 5.94. The molecule has 1 fully saturated rings. The van der Waals surface area contributed by atoms with Crippen LogP contribution in [0.5, 0.6) is 5.75 Å². The number of ether oxygens (including phenoxy) is 3. The van der Waals surface area contributed by atoms with Crippen LogP contribution in [0.4, 0.5) is 11.4 Å². The molecule has 38 heavy (non-hydrogen) atoms. The Hall–Kier alpha value is -3.19. The number of benzene rings is 2. The number of halogens is 2. The molecule has 2 aromatic carbocycles. The van der Waals surface area contributed by atoms with E-state index in [-0.39, 0.29) is 16.3 Å². The lowest BCUT2D eigenvalue weighted by Gasteiger charge is -2.42. The SMILES string of the molecule is COC(=O)c1cnc2c(Cl)c(Cl)ccc2c1Nc1cccc(O[C@H]2O[C@@H](CO)[C@@H](O)[C@@H](O)[C@@H]2NC(C)=O)c1. The minimum atomic E-state index is -1.46. The van der Waals surface area contributed by atoms with Crippen molar-refractivity contribution < 1.29 is 39.1 Å². The summed E-state index contributed by atoms with van der Waals surface area (Å²) in [6.07, 6.45) is -3.95. The van der Waals surface area contributed by atoms with Gasteiger partial charge in [-0.2, -0.15) is 0 Å². The quantitative estimate of drug-likeness (QED) is 0.269. The standard InChI is InChI=1S/C25H25Cl2N3O8/c1-11(32)29-21-23(34)22(33)17(10-31)38-25(21)37-13-5-3-4-12(8-13)30-19-14-6-7-16(26)18(27)20(14)28-9-15(19)24(35)36-2/h3-9,17,21-23,25,31,33-34H,10H2,1-2H3,(H,28,30)(H,29,32)/t17-,21-,22+,23-,25-/m0/s1. The molecule has 0 saturated carbocycles. The number of pyridine rings is 1. The summed E-state index contributed by atoms with van der Waals surface area (Å²) < 4.78 is 16.5. The molecule has 0 aliphatic carbocycles. The van der Waals surface area contributed by atoms with Gasteiger partial charge in [0, 0.05) is 30.3 Å². The molecule has 4 rings (SSSR count). The van der Waals surface area contributed by atoms with Gasteiger partial charge >= 0.3 is 5.97 Å². The van der Waals surface area contributed by atoms with Crippen molar-refractivity contribution in [2.45, 2.75) is 37.6 Å². The van der Waals surface area contributed by atoms with Crippen LogP contribution in [0.15, 0.2) is 42.6 Å². The lowest BCUT2D eigenvalue weighted by Crippen LogP contribution is -2.65. The van der Waals surface area contributed by atoms with Gasteiger partial charge in [0.15, 0.2) is 0 Å². The number of aromatic nitrogens is 1. The fourth-order valence-corrected chi connectivity index (χ4v) is 4.47. The van der Waals surface area contributed by atoms with Crippen LogP contribution in [0.2, 0.25) is 10.0 Å². The number of anilines is 2. The van der Waals surface area contributed by atoms with Gasteiger partial charge in [-0.1, -0.05) is 29.3 Å². The van der Waals surface area contributed by atoms with Crippen LogP contribution >= 0.6 is 23.2 Å². The molecule has 1 saturated heterocycles. The van der Waals surface area contributed by atoms with E-state index in [1.807, 2.05) is 0 Å². The molecule has 0 unspecified atom stereocenters. The summed E-state index contributed by atoms with van der Waals surface area (Å²) in [6.45, 7) is 0.667. The summed E-state index contributed by atoms with van der Waals surface area (Å²) in [7, 11) is 1.25. The van der Waals surface area contributed by atoms with Gasteiger partial charge in [0.1, 0.15) is 35.7 Å². The second kappa shape index (κ2) is 11.7. The van der Waals surface area contributed by atoms with Crippen LogP contribution in [0.3, 0.4) is 0 Å². The summed E-state index contributed by atoms with van der Waals surface area (Å²) >= 11 is 12.5. The molecule has 3 aromatic rings. The fourth-order valence-electron chi connectivity index (χ4n) is 4.10. The average molecular weight is 566 g/mol. The first-order valence-electron chi connectivity index (χ1n) is 11.4. The molecule has 1 aromatic heterocycles. The summed E-state index contributed by atoms with van der Waals surface area (Å²) in [5.41, 5.74) is 1.37. The second-order valence-corrected chi connectivity index (χ2v) is 9.28. The number of aliphatic hydroxyl groups excluding tert-OH is 3. The molecular formula is C25H25Cl2N3O8. The van der Waals surface area contributed by atoms with E-state index in [2.05, 4.69) is 15.6 Å². The molecule has 0 bridgehead atoms. The number of hydrogen-bond acceptors (Lipinski definition) is 10. The number of esters is 1. The Morgan fingerprint density at radius 1 is 1.16 bits per heavy atom. The van der Waals surface area contributed by atoms with E-state index < -0.39 is 49.1 Å². The van der Waals surface area contributed by atoms with Crippen molar-refractivity contribution in [2.24, 2.45) is 0 Å². The number of methoxy groups -OCH3 is 1. The average Bonchev–Trinajstić information content (AvgIpc) is 2.90. The molecule has 1 amide bonds. The van der Waals surface area contributed by atoms with Crippen LogP contribution in [-0.2, 0) is 14.3 Å². The highest BCUT2D eigenvalue weighted by molar-refractivity contribution is 6.45. The Morgan fingerprint density at radius 2 is 1.92 bits per heavy atom. The van der Waals surface area contributed by atoms with Gasteiger partial charge < -0.3 is 40.2 Å². The van der Waals surface area contributed by atoms with Crippen molar-refractivity contribution in [1.29, 1.82) is 0 Å². The zero-order valence-electron chi connectivity index (χ0n) is 20.2. The number of hydrogen-bond donors (Lipinski definition) is 5. The second-order valence-electron chi connectivity index (χ2n) is 8.50. The summed E-state index contributed by atoms with van der Waals surface area (Å²) in [4.78, 5) is 28.5. The zero-order valence-corrected chi connectivity index (χ0v) is 21.7. The Bertz CT molecular complexity index is 1360. The number of nitrogens with one attached hydrogen (secondary N) is 2. The monoisotopic (exact) mass is 565 g/mol. The number of amides is 1. The molecule has 0 radical (unpaired) electrons. The number of aliphatic hydroxyl groups is 3. The molecule has 1 aliphatic rings. The van der Waals surface area contributed by atoms with Gasteiger partial charge in [-0.3, -0.25) is 9.78 Å². The van der Waals surface area contributed by atoms with Crippen LogP contribution < -0.4 is 15.4 Å². The first-order chi connectivity index (χ1) is 18.1. The summed E-state index contributed by atoms with van der Waals surface area (Å²) in [5.74, 6) is -0.846. The van der Waals surface area contributed by atoms with Crippen molar-refractivity contribution in [3.63, 3.8) is 0 Å². The van der Waals surface area contributed by atoms with Crippen molar-refractivity contribution in [2.75, 3.05) is 19.0 Å². The maximum Gasteiger partial charge on any atom is 0.341 e. The molecular weight excluding hydrogens is 541 g/mol. The highest BCUT2D eigenvalue weighted by atomic mass is 35.5. The van der Waals surface area contributed by atoms with Gasteiger partial charge in [0.05, 0.1) is 35.0 Å². The summed E-state index contributed by atoms with van der Waals surface area (Å²) in [6, 6.07) is 8.69. The smallest absolute Gasteiger partial charge is 0.341 e. The van der Waals surface area contributed by atoms with Gasteiger partial charge in [0.2, 0.25) is 12.2 Å². The predicted molar refractivity (Wildman–Crippen MR) is 139 cm³/mol. The maximum absolute atomic E-state index is 12.5. The van der Waals surface area contributed by atoms with Crippen molar-refractivity contribution in [1.82, 2.24) is 10.3 Å². The van der Waals surface area contributed by atoms with Crippen LogP contribution in [-0.4, -0.2) is 76.5 Å². The van der Waals surface area contributed by atoms with Gasteiger partial charge in [0.25, 0.3) is 0 Å². The van der Waals surface area contributed by atoms with E-state index in [0.29, 0.717) is 27.3 Å². The Labute approximate surface area is 227 Å². The van der Waals surface area contributed by atoms with E-state index in [0.717, 1.165) is 0 Å². The number of rotatable bonds is 7. The molecule has 1 aliphatic heterocycles. The Morgan fingerprint density at radius 3 is 2.61 bits per heavy atom. The zero-order chi connectivity index (χ0) is 27.6. The van der Waals surface area contributed by atoms with Gasteiger partial charge in [-0.05, 0) is 24.3 Å². The molecule has 11 nitrogen and oxygen atoms in total. The number of nitrogens with zero attached hydrogens (tertiary/aromatic N) is 1. The van der Waals surface area contributed by atoms with Gasteiger partial charge in [-0.25, -0.2) is 4.79 Å². The van der Waals surface area contributed by atoms with E-state index >= 15 is 0 Å². The third kappa shape index (κ3) is 5.63. The lowest BCUT2D eigenvalue weighted by atomic mass is 9.97.